The first-order valence-corrected chi connectivity index (χ1v) is 14.2. The lowest BCUT2D eigenvalue weighted by atomic mass is 10.1. The van der Waals surface area contributed by atoms with Crippen LogP contribution in [0.5, 0.6) is 0 Å². The second kappa shape index (κ2) is 13.2. The second-order valence-corrected chi connectivity index (χ2v) is 10.8. The highest BCUT2D eigenvalue weighted by atomic mass is 16.3. The van der Waals surface area contributed by atoms with Crippen molar-refractivity contribution in [2.75, 3.05) is 45.9 Å². The van der Waals surface area contributed by atoms with Crippen molar-refractivity contribution in [1.82, 2.24) is 35.4 Å². The summed E-state index contributed by atoms with van der Waals surface area (Å²) >= 11 is 0. The number of nitrogens with one attached hydrogen (secondary N) is 2. The van der Waals surface area contributed by atoms with E-state index >= 15 is 0 Å². The summed E-state index contributed by atoms with van der Waals surface area (Å²) < 4.78 is 1.63. The van der Waals surface area contributed by atoms with E-state index in [1.165, 1.54) is 11.1 Å². The van der Waals surface area contributed by atoms with E-state index in [4.69, 9.17) is 0 Å². The van der Waals surface area contributed by atoms with E-state index in [9.17, 15) is 14.7 Å². The lowest BCUT2D eigenvalue weighted by Crippen LogP contribution is -2.55. The number of hydrogen-bond acceptors (Lipinski definition) is 7. The molecule has 40 heavy (non-hydrogen) atoms. The molecule has 10 nitrogen and oxygen atoms in total. The number of rotatable bonds is 12. The van der Waals surface area contributed by atoms with E-state index in [1.54, 1.807) is 29.2 Å². The molecule has 1 aliphatic carbocycles. The molecule has 2 amide bonds. The zero-order valence-corrected chi connectivity index (χ0v) is 23.1. The van der Waals surface area contributed by atoms with E-state index in [2.05, 4.69) is 57.0 Å². The highest BCUT2D eigenvalue weighted by molar-refractivity contribution is 5.97. The standard InChI is InChI=1S/C30H39N7O3/c1-22-4-6-23(7-5-22)26-21-28(26)31-12-2-3-27(30(40)36-17-15-35(16-18-36)19-20-38)33-29(39)24-8-10-25(11-9-24)37-14-13-32-34-37/h4-11,13-14,26-28,31,38H,2-3,12,15-21H2,1H3,(H,33,39)/t26-,27-,28+/m0/s1. The summed E-state index contributed by atoms with van der Waals surface area (Å²) in [6, 6.07) is 15.7. The Morgan fingerprint density at radius 1 is 1.05 bits per heavy atom. The molecule has 3 atom stereocenters. The van der Waals surface area contributed by atoms with Crippen LogP contribution in [-0.2, 0) is 4.79 Å². The number of aromatic nitrogens is 3. The SMILES string of the molecule is Cc1ccc([C@@H]2C[C@H]2NCCC[C@H](NC(=O)c2ccc(-n3ccnn3)cc2)C(=O)N2CCN(CCO)CC2)cc1. The number of carbonyl (C=O) groups is 2. The molecular weight excluding hydrogens is 506 g/mol. The molecule has 1 aromatic heterocycles. The van der Waals surface area contributed by atoms with Gasteiger partial charge in [0.2, 0.25) is 5.91 Å². The van der Waals surface area contributed by atoms with Gasteiger partial charge < -0.3 is 20.6 Å². The summed E-state index contributed by atoms with van der Waals surface area (Å²) in [7, 11) is 0. The van der Waals surface area contributed by atoms with Crippen molar-refractivity contribution >= 4 is 11.8 Å². The number of nitrogens with zero attached hydrogens (tertiary/aromatic N) is 5. The van der Waals surface area contributed by atoms with Crippen molar-refractivity contribution in [2.45, 2.75) is 44.2 Å². The van der Waals surface area contributed by atoms with Crippen molar-refractivity contribution in [3.05, 3.63) is 77.6 Å². The number of benzene rings is 2. The second-order valence-electron chi connectivity index (χ2n) is 10.8. The van der Waals surface area contributed by atoms with Gasteiger partial charge in [-0.15, -0.1) is 5.10 Å². The molecule has 2 fully saturated rings. The lowest BCUT2D eigenvalue weighted by molar-refractivity contribution is -0.135. The molecule has 2 aliphatic rings. The van der Waals surface area contributed by atoms with Gasteiger partial charge >= 0.3 is 0 Å². The summed E-state index contributed by atoms with van der Waals surface area (Å²) in [6.45, 7) is 6.26. The summed E-state index contributed by atoms with van der Waals surface area (Å²) in [6.07, 6.45) is 5.81. The minimum absolute atomic E-state index is 0.0415. The molecule has 3 N–H and O–H groups in total. The van der Waals surface area contributed by atoms with Gasteiger partial charge in [0.15, 0.2) is 0 Å². The molecule has 3 aromatic rings. The average molecular weight is 546 g/mol. The van der Waals surface area contributed by atoms with Crippen LogP contribution in [0.15, 0.2) is 60.9 Å². The van der Waals surface area contributed by atoms with Crippen molar-refractivity contribution in [3.8, 4) is 5.69 Å². The van der Waals surface area contributed by atoms with Gasteiger partial charge in [0.25, 0.3) is 5.91 Å². The zero-order chi connectivity index (χ0) is 27.9. The molecule has 212 valence electrons. The Hall–Kier alpha value is -3.60. The number of aliphatic hydroxyl groups is 1. The van der Waals surface area contributed by atoms with Crippen LogP contribution in [0.4, 0.5) is 0 Å². The topological polar surface area (TPSA) is 116 Å². The Bertz CT molecular complexity index is 1240. The summed E-state index contributed by atoms with van der Waals surface area (Å²) in [5, 5.41) is 23.7. The van der Waals surface area contributed by atoms with E-state index in [0.717, 1.165) is 38.2 Å². The molecular formula is C30H39N7O3. The highest BCUT2D eigenvalue weighted by Crippen LogP contribution is 2.40. The fourth-order valence-electron chi connectivity index (χ4n) is 5.36. The fourth-order valence-corrected chi connectivity index (χ4v) is 5.36. The number of amides is 2. The number of carbonyl (C=O) groups excluding carboxylic acids is 2. The quantitative estimate of drug-likeness (QED) is 0.297. The van der Waals surface area contributed by atoms with Crippen LogP contribution in [-0.4, -0.2) is 99.7 Å². The maximum atomic E-state index is 13.5. The van der Waals surface area contributed by atoms with Gasteiger partial charge in [-0.2, -0.15) is 0 Å². The van der Waals surface area contributed by atoms with Crippen LogP contribution in [0.25, 0.3) is 5.69 Å². The van der Waals surface area contributed by atoms with Crippen molar-refractivity contribution < 1.29 is 14.7 Å². The van der Waals surface area contributed by atoms with Crippen molar-refractivity contribution in [1.29, 1.82) is 0 Å². The van der Waals surface area contributed by atoms with Gasteiger partial charge in [-0.1, -0.05) is 35.0 Å². The number of aliphatic hydroxyl groups excluding tert-OH is 1. The molecule has 1 saturated heterocycles. The number of aryl methyl sites for hydroxylation is 1. The third kappa shape index (κ3) is 7.12. The van der Waals surface area contributed by atoms with E-state index < -0.39 is 6.04 Å². The van der Waals surface area contributed by atoms with E-state index in [1.807, 2.05) is 17.0 Å². The Kier molecular flexibility index (Phi) is 9.20. The van der Waals surface area contributed by atoms with Crippen LogP contribution in [0.2, 0.25) is 0 Å². The third-order valence-electron chi connectivity index (χ3n) is 7.89. The van der Waals surface area contributed by atoms with Gasteiger partial charge in [-0.25, -0.2) is 4.68 Å². The highest BCUT2D eigenvalue weighted by Gasteiger charge is 2.37. The van der Waals surface area contributed by atoms with Crippen molar-refractivity contribution in [2.24, 2.45) is 0 Å². The van der Waals surface area contributed by atoms with Crippen LogP contribution < -0.4 is 10.6 Å². The van der Waals surface area contributed by atoms with Gasteiger partial charge in [0, 0.05) is 50.2 Å². The smallest absolute Gasteiger partial charge is 0.251 e. The molecule has 0 radical (unpaired) electrons. The first-order valence-electron chi connectivity index (χ1n) is 14.2. The third-order valence-corrected chi connectivity index (χ3v) is 7.89. The molecule has 0 bridgehead atoms. The lowest BCUT2D eigenvalue weighted by Gasteiger charge is -2.36. The Balaban J connectivity index is 1.16. The molecule has 0 spiro atoms. The minimum Gasteiger partial charge on any atom is -0.395 e. The normalized spacial score (nSPS) is 19.8. The Morgan fingerprint density at radius 2 is 1.80 bits per heavy atom. The molecule has 1 aliphatic heterocycles. The predicted octanol–water partition coefficient (Wildman–Crippen LogP) is 1.74. The molecule has 0 unspecified atom stereocenters. The van der Waals surface area contributed by atoms with Crippen LogP contribution in [0.1, 0.15) is 46.7 Å². The molecule has 1 saturated carbocycles. The largest absolute Gasteiger partial charge is 0.395 e. The minimum atomic E-state index is -0.596. The number of β-amino-alcohol motifs (C(OH)–C–C–N with tert-alkyl or cyclic N) is 1. The zero-order valence-electron chi connectivity index (χ0n) is 23.1. The predicted molar refractivity (Wildman–Crippen MR) is 152 cm³/mol. The van der Waals surface area contributed by atoms with Gasteiger partial charge in [-0.3, -0.25) is 14.5 Å². The van der Waals surface area contributed by atoms with Gasteiger partial charge in [-0.05, 0) is 62.6 Å². The first kappa shape index (κ1) is 27.9. The maximum Gasteiger partial charge on any atom is 0.251 e. The summed E-state index contributed by atoms with van der Waals surface area (Å²) in [5.74, 6) is 0.241. The molecule has 2 heterocycles. The molecule has 5 rings (SSSR count). The Morgan fingerprint density at radius 3 is 2.48 bits per heavy atom. The first-order chi connectivity index (χ1) is 19.5. The Labute approximate surface area is 235 Å². The van der Waals surface area contributed by atoms with Crippen LogP contribution in [0.3, 0.4) is 0 Å². The van der Waals surface area contributed by atoms with Gasteiger partial charge in [0.1, 0.15) is 6.04 Å². The summed E-state index contributed by atoms with van der Waals surface area (Å²) in [5.41, 5.74) is 3.94. The van der Waals surface area contributed by atoms with Crippen molar-refractivity contribution in [3.63, 3.8) is 0 Å². The van der Waals surface area contributed by atoms with Crippen LogP contribution in [0, 0.1) is 6.92 Å². The van der Waals surface area contributed by atoms with Gasteiger partial charge in [0.05, 0.1) is 24.7 Å². The van der Waals surface area contributed by atoms with Crippen LogP contribution >= 0.6 is 0 Å². The maximum absolute atomic E-state index is 13.5. The average Bonchev–Trinajstić information content (AvgIpc) is 3.53. The van der Waals surface area contributed by atoms with E-state index in [-0.39, 0.29) is 18.4 Å². The number of hydrogen-bond donors (Lipinski definition) is 3. The molecule has 2 aromatic carbocycles. The number of piperazine rings is 1. The van der Waals surface area contributed by atoms with E-state index in [0.29, 0.717) is 43.6 Å². The monoisotopic (exact) mass is 545 g/mol. The molecule has 10 heteroatoms. The fraction of sp³-hybridized carbons (Fsp3) is 0.467. The summed E-state index contributed by atoms with van der Waals surface area (Å²) in [4.78, 5) is 30.7.